The first-order valence-electron chi connectivity index (χ1n) is 11.5. The lowest BCUT2D eigenvalue weighted by Gasteiger charge is -2.33. The number of aliphatic imine (C=N–C) groups is 4. The van der Waals surface area contributed by atoms with Gasteiger partial charge in [-0.3, -0.25) is 0 Å². The van der Waals surface area contributed by atoms with Crippen molar-refractivity contribution in [3.8, 4) is 0 Å². The highest BCUT2D eigenvalue weighted by Gasteiger charge is 2.31. The maximum Gasteiger partial charge on any atom is 0.237 e. The second-order valence-corrected chi connectivity index (χ2v) is 8.91. The summed E-state index contributed by atoms with van der Waals surface area (Å²) in [4.78, 5) is 55.8. The Kier molecular flexibility index (Phi) is 11.0. The minimum Gasteiger partial charge on any atom is -0.211 e. The minimum atomic E-state index is -0.818. The number of rotatable bonds is 6. The smallest absolute Gasteiger partial charge is 0.211 e. The predicted octanol–water partition coefficient (Wildman–Crippen LogP) is 4.48. The molecule has 3 aliphatic carbocycles. The van der Waals surface area contributed by atoms with Gasteiger partial charge in [0.15, 0.2) is 5.66 Å². The average Bonchev–Trinajstić information content (AvgIpc) is 2.78. The first kappa shape index (κ1) is 24.8. The van der Waals surface area contributed by atoms with Gasteiger partial charge >= 0.3 is 0 Å². The van der Waals surface area contributed by atoms with Gasteiger partial charge < -0.3 is 0 Å². The van der Waals surface area contributed by atoms with E-state index in [4.69, 9.17) is 0 Å². The van der Waals surface area contributed by atoms with E-state index in [2.05, 4.69) is 20.0 Å². The Labute approximate surface area is 183 Å². The molecule has 3 aliphatic rings. The Morgan fingerprint density at radius 1 is 0.645 bits per heavy atom. The lowest BCUT2D eigenvalue weighted by Crippen LogP contribution is -2.27. The van der Waals surface area contributed by atoms with Crippen molar-refractivity contribution >= 4 is 24.3 Å². The van der Waals surface area contributed by atoms with Crippen LogP contribution in [0.2, 0.25) is 0 Å². The molecule has 31 heavy (non-hydrogen) atoms. The second kappa shape index (κ2) is 13.7. The van der Waals surface area contributed by atoms with Gasteiger partial charge in [-0.15, -0.1) is 0 Å². The molecule has 0 aromatic carbocycles. The Hall–Kier alpha value is -2.48. The van der Waals surface area contributed by atoms with Crippen molar-refractivity contribution in [1.82, 2.24) is 0 Å². The van der Waals surface area contributed by atoms with E-state index in [1.807, 2.05) is 0 Å². The molecule has 0 saturated heterocycles. The molecular formula is C23H32N4O4. The molecule has 2 unspecified atom stereocenters. The summed E-state index contributed by atoms with van der Waals surface area (Å²) >= 11 is 0. The summed E-state index contributed by atoms with van der Waals surface area (Å²) in [5.74, 6) is 1.27. The van der Waals surface area contributed by atoms with Gasteiger partial charge in [0.2, 0.25) is 24.3 Å². The predicted molar refractivity (Wildman–Crippen MR) is 114 cm³/mol. The van der Waals surface area contributed by atoms with E-state index in [1.54, 1.807) is 12.2 Å². The number of nitrogens with zero attached hydrogens (tertiary/aromatic N) is 4. The van der Waals surface area contributed by atoms with Gasteiger partial charge in [-0.25, -0.2) is 29.2 Å². The molecule has 0 aromatic heterocycles. The van der Waals surface area contributed by atoms with Gasteiger partial charge in [0, 0.05) is 0 Å². The molecule has 0 spiro atoms. The van der Waals surface area contributed by atoms with E-state index >= 15 is 0 Å². The normalized spacial score (nSPS) is 29.3. The molecular weight excluding hydrogens is 396 g/mol. The van der Waals surface area contributed by atoms with Crippen LogP contribution >= 0.6 is 0 Å². The molecule has 8 heteroatoms. The summed E-state index contributed by atoms with van der Waals surface area (Å²) in [7, 11) is 0. The minimum absolute atomic E-state index is 0.198. The van der Waals surface area contributed by atoms with Gasteiger partial charge in [-0.1, -0.05) is 19.3 Å². The van der Waals surface area contributed by atoms with Crippen molar-refractivity contribution in [3.05, 3.63) is 0 Å². The van der Waals surface area contributed by atoms with E-state index in [1.165, 1.54) is 37.8 Å². The van der Waals surface area contributed by atoms with Crippen LogP contribution in [0.3, 0.4) is 0 Å². The van der Waals surface area contributed by atoms with Gasteiger partial charge in [0.25, 0.3) is 0 Å². The summed E-state index contributed by atoms with van der Waals surface area (Å²) < 4.78 is 0. The molecule has 0 aliphatic heterocycles. The zero-order chi connectivity index (χ0) is 22.4. The van der Waals surface area contributed by atoms with E-state index in [0.717, 1.165) is 51.4 Å². The number of hydrogen-bond donors (Lipinski definition) is 0. The van der Waals surface area contributed by atoms with E-state index in [0.29, 0.717) is 24.7 Å². The van der Waals surface area contributed by atoms with Crippen molar-refractivity contribution in [3.63, 3.8) is 0 Å². The van der Waals surface area contributed by atoms with E-state index in [-0.39, 0.29) is 12.1 Å². The van der Waals surface area contributed by atoms with Crippen LogP contribution in [0, 0.1) is 11.8 Å². The summed E-state index contributed by atoms with van der Waals surface area (Å²) in [5, 5.41) is 0. The fourth-order valence-corrected chi connectivity index (χ4v) is 5.25. The third kappa shape index (κ3) is 8.28. The zero-order valence-electron chi connectivity index (χ0n) is 18.1. The van der Waals surface area contributed by atoms with Gasteiger partial charge in [-0.05, 0) is 82.5 Å². The molecule has 0 N–H and O–H groups in total. The third-order valence-electron chi connectivity index (χ3n) is 6.94. The summed E-state index contributed by atoms with van der Waals surface area (Å²) in [5.41, 5.74) is -0.818. The molecule has 0 aromatic rings. The van der Waals surface area contributed by atoms with E-state index < -0.39 is 5.66 Å². The van der Waals surface area contributed by atoms with Gasteiger partial charge in [-0.2, -0.15) is 9.98 Å². The summed E-state index contributed by atoms with van der Waals surface area (Å²) in [6, 6.07) is 0.404. The van der Waals surface area contributed by atoms with Crippen molar-refractivity contribution in [2.24, 2.45) is 31.8 Å². The number of hydrogen-bond acceptors (Lipinski definition) is 8. The SMILES string of the molecule is O=C=NC1(N=C=O)CCCCC1.O=C=NC1CCC(CC2CCCCC2N=C=O)CC1. The number of isocyanates is 4. The fraction of sp³-hybridized carbons (Fsp3) is 0.826. The Morgan fingerprint density at radius 3 is 1.84 bits per heavy atom. The van der Waals surface area contributed by atoms with Crippen LogP contribution in [0.5, 0.6) is 0 Å². The molecule has 3 fully saturated rings. The Bertz CT molecular complexity index is 726. The maximum absolute atomic E-state index is 10.5. The van der Waals surface area contributed by atoms with Gasteiger partial charge in [0.1, 0.15) is 0 Å². The van der Waals surface area contributed by atoms with Crippen LogP contribution in [-0.2, 0) is 19.2 Å². The largest absolute Gasteiger partial charge is 0.237 e. The molecule has 3 saturated carbocycles. The maximum atomic E-state index is 10.5. The van der Waals surface area contributed by atoms with E-state index in [9.17, 15) is 19.2 Å². The van der Waals surface area contributed by atoms with Crippen molar-refractivity contribution < 1.29 is 19.2 Å². The highest BCUT2D eigenvalue weighted by molar-refractivity contribution is 5.39. The summed E-state index contributed by atoms with van der Waals surface area (Å²) in [6.07, 6.45) is 20.9. The molecule has 0 radical (unpaired) electrons. The first-order chi connectivity index (χ1) is 15.2. The van der Waals surface area contributed by atoms with Crippen LogP contribution in [0.25, 0.3) is 0 Å². The van der Waals surface area contributed by atoms with Crippen molar-refractivity contribution in [2.75, 3.05) is 0 Å². The third-order valence-corrected chi connectivity index (χ3v) is 6.94. The molecule has 3 rings (SSSR count). The molecule has 0 bridgehead atoms. The molecule has 0 amide bonds. The van der Waals surface area contributed by atoms with Gasteiger partial charge in [0.05, 0.1) is 12.1 Å². The standard InChI is InChI=1S/C15H22N2O2.C8H10N2O2/c18-10-16-14-7-5-12(6-8-14)9-13-3-1-2-4-15(13)17-11-19;11-6-9-8(10-7-12)4-2-1-3-5-8/h12-15H,1-9H2;1-5H2. The highest BCUT2D eigenvalue weighted by Crippen LogP contribution is 2.37. The summed E-state index contributed by atoms with van der Waals surface area (Å²) in [6.45, 7) is 0. The first-order valence-corrected chi connectivity index (χ1v) is 11.5. The van der Waals surface area contributed by atoms with Crippen LogP contribution in [0.15, 0.2) is 20.0 Å². The highest BCUT2D eigenvalue weighted by atomic mass is 16.1. The molecule has 168 valence electrons. The topological polar surface area (TPSA) is 118 Å². The monoisotopic (exact) mass is 428 g/mol. The lowest BCUT2D eigenvalue weighted by molar-refractivity contribution is 0.214. The Balaban J connectivity index is 0.000000245. The molecule has 0 heterocycles. The van der Waals surface area contributed by atoms with Crippen molar-refractivity contribution in [1.29, 1.82) is 0 Å². The average molecular weight is 429 g/mol. The quantitative estimate of drug-likeness (QED) is 0.457. The van der Waals surface area contributed by atoms with Crippen LogP contribution < -0.4 is 0 Å². The zero-order valence-corrected chi connectivity index (χ0v) is 18.1. The molecule has 8 nitrogen and oxygen atoms in total. The number of carbonyl (C=O) groups excluding carboxylic acids is 4. The molecule has 2 atom stereocenters. The van der Waals surface area contributed by atoms with Crippen LogP contribution in [0.1, 0.15) is 89.9 Å². The second-order valence-electron chi connectivity index (χ2n) is 8.91. The lowest BCUT2D eigenvalue weighted by atomic mass is 9.75. The fourth-order valence-electron chi connectivity index (χ4n) is 5.25. The van der Waals surface area contributed by atoms with Crippen LogP contribution in [0.4, 0.5) is 0 Å². The van der Waals surface area contributed by atoms with Crippen molar-refractivity contribution in [2.45, 2.75) is 108 Å². The Morgan fingerprint density at radius 2 is 1.26 bits per heavy atom. The van der Waals surface area contributed by atoms with Crippen LogP contribution in [-0.4, -0.2) is 42.1 Å².